The van der Waals surface area contributed by atoms with Crippen LogP contribution in [0.15, 0.2) is 71.0 Å². The van der Waals surface area contributed by atoms with Gasteiger partial charge >= 0.3 is 5.97 Å². The van der Waals surface area contributed by atoms with E-state index in [-0.39, 0.29) is 6.54 Å². The summed E-state index contributed by atoms with van der Waals surface area (Å²) in [5.74, 6) is -1.54. The van der Waals surface area contributed by atoms with Gasteiger partial charge in [0.15, 0.2) is 6.61 Å². The first-order valence-corrected chi connectivity index (χ1v) is 9.55. The summed E-state index contributed by atoms with van der Waals surface area (Å²) in [5, 5.41) is 4.61. The number of para-hydroxylation sites is 1. The lowest BCUT2D eigenvalue weighted by Gasteiger charge is -2.16. The zero-order chi connectivity index (χ0) is 20.4. The molecule has 28 heavy (non-hydrogen) atoms. The molecule has 0 aliphatic rings. The van der Waals surface area contributed by atoms with Crippen LogP contribution in [0.3, 0.4) is 0 Å². The van der Waals surface area contributed by atoms with Crippen molar-refractivity contribution >= 4 is 46.8 Å². The number of benzene rings is 2. The molecule has 8 heteroatoms. The summed E-state index contributed by atoms with van der Waals surface area (Å²) in [6.45, 7) is -0.643. The molecule has 0 unspecified atom stereocenters. The van der Waals surface area contributed by atoms with E-state index < -0.39 is 24.4 Å². The van der Waals surface area contributed by atoms with E-state index in [9.17, 15) is 14.4 Å². The van der Waals surface area contributed by atoms with Gasteiger partial charge in [0.05, 0.1) is 17.3 Å². The summed E-state index contributed by atoms with van der Waals surface area (Å²) >= 11 is 7.33. The molecular weight excluding hydrogens is 400 g/mol. The summed E-state index contributed by atoms with van der Waals surface area (Å²) < 4.78 is 4.90. The van der Waals surface area contributed by atoms with Crippen LogP contribution in [0.1, 0.15) is 0 Å². The van der Waals surface area contributed by atoms with Gasteiger partial charge in [0.2, 0.25) is 5.91 Å². The molecule has 0 atom stereocenters. The van der Waals surface area contributed by atoms with Crippen molar-refractivity contribution in [2.75, 3.05) is 25.5 Å². The van der Waals surface area contributed by atoms with Gasteiger partial charge in [-0.2, -0.15) is 0 Å². The highest BCUT2D eigenvalue weighted by Crippen LogP contribution is 2.20. The molecule has 2 aromatic carbocycles. The van der Waals surface area contributed by atoms with Gasteiger partial charge in [-0.25, -0.2) is 4.79 Å². The highest BCUT2D eigenvalue weighted by atomic mass is 35.5. The SMILES string of the molecule is CN(CC(=O)Nc1ccccc1Cl)C(=O)COC(=O)/C=C/Sc1ccccc1. The maximum Gasteiger partial charge on any atom is 0.331 e. The number of nitrogens with zero attached hydrogens (tertiary/aromatic N) is 1. The van der Waals surface area contributed by atoms with Crippen molar-refractivity contribution in [3.05, 3.63) is 71.1 Å². The van der Waals surface area contributed by atoms with Crippen molar-refractivity contribution in [3.63, 3.8) is 0 Å². The minimum Gasteiger partial charge on any atom is -0.452 e. The minimum atomic E-state index is -0.634. The number of hydrogen-bond acceptors (Lipinski definition) is 5. The fourth-order valence-electron chi connectivity index (χ4n) is 2.01. The normalized spacial score (nSPS) is 10.5. The van der Waals surface area contributed by atoms with Gasteiger partial charge in [-0.15, -0.1) is 0 Å². The van der Waals surface area contributed by atoms with Crippen LogP contribution in [0.2, 0.25) is 5.02 Å². The first kappa shape index (κ1) is 21.5. The molecule has 0 aliphatic carbocycles. The Kier molecular flexibility index (Phi) is 8.58. The molecule has 0 heterocycles. The highest BCUT2D eigenvalue weighted by molar-refractivity contribution is 8.02. The number of carbonyl (C=O) groups excluding carboxylic acids is 3. The number of nitrogens with one attached hydrogen (secondary N) is 1. The Hall–Kier alpha value is -2.77. The fourth-order valence-corrected chi connectivity index (χ4v) is 2.85. The topological polar surface area (TPSA) is 75.7 Å². The molecule has 0 fully saturated rings. The second-order valence-corrected chi connectivity index (χ2v) is 7.01. The Bertz CT molecular complexity index is 858. The first-order chi connectivity index (χ1) is 13.5. The van der Waals surface area contributed by atoms with Gasteiger partial charge in [-0.05, 0) is 29.7 Å². The number of hydrogen-bond donors (Lipinski definition) is 1. The lowest BCUT2D eigenvalue weighted by atomic mass is 10.3. The van der Waals surface area contributed by atoms with Gasteiger partial charge in [0, 0.05) is 18.0 Å². The smallest absolute Gasteiger partial charge is 0.331 e. The van der Waals surface area contributed by atoms with Crippen molar-refractivity contribution in [3.8, 4) is 0 Å². The lowest BCUT2D eigenvalue weighted by molar-refractivity contribution is -0.148. The highest BCUT2D eigenvalue weighted by Gasteiger charge is 2.15. The van der Waals surface area contributed by atoms with Crippen LogP contribution in [0, 0.1) is 0 Å². The van der Waals surface area contributed by atoms with Crippen LogP contribution >= 0.6 is 23.4 Å². The zero-order valence-electron chi connectivity index (χ0n) is 15.1. The van der Waals surface area contributed by atoms with Crippen LogP contribution in [0.5, 0.6) is 0 Å². The number of thioether (sulfide) groups is 1. The van der Waals surface area contributed by atoms with E-state index in [0.717, 1.165) is 4.90 Å². The fraction of sp³-hybridized carbons (Fsp3) is 0.150. The number of likely N-dealkylation sites (N-methyl/N-ethyl adjacent to an activating group) is 1. The molecule has 2 amide bonds. The number of halogens is 1. The predicted molar refractivity (Wildman–Crippen MR) is 110 cm³/mol. The Morgan fingerprint density at radius 3 is 2.50 bits per heavy atom. The van der Waals surface area contributed by atoms with Crippen LogP contribution in [-0.4, -0.2) is 42.9 Å². The molecule has 0 bridgehead atoms. The van der Waals surface area contributed by atoms with Gasteiger partial charge in [-0.1, -0.05) is 53.7 Å². The van der Waals surface area contributed by atoms with E-state index in [1.54, 1.807) is 29.7 Å². The molecule has 0 aliphatic heterocycles. The summed E-state index contributed by atoms with van der Waals surface area (Å²) in [4.78, 5) is 37.8. The van der Waals surface area contributed by atoms with Crippen LogP contribution in [0.25, 0.3) is 0 Å². The summed E-state index contributed by atoms with van der Waals surface area (Å²) in [6.07, 6.45) is 1.25. The van der Waals surface area contributed by atoms with Crippen molar-refractivity contribution in [1.82, 2.24) is 4.90 Å². The summed E-state index contributed by atoms with van der Waals surface area (Å²) in [5.41, 5.74) is 0.461. The maximum absolute atomic E-state index is 12.0. The molecular formula is C20H19ClN2O4S. The van der Waals surface area contributed by atoms with Gasteiger partial charge in [-0.3, -0.25) is 9.59 Å². The molecule has 6 nitrogen and oxygen atoms in total. The average molecular weight is 419 g/mol. The third kappa shape index (κ3) is 7.46. The van der Waals surface area contributed by atoms with Crippen molar-refractivity contribution < 1.29 is 19.1 Å². The average Bonchev–Trinajstić information content (AvgIpc) is 2.68. The van der Waals surface area contributed by atoms with Crippen molar-refractivity contribution in [2.24, 2.45) is 0 Å². The molecule has 0 radical (unpaired) electrons. The van der Waals surface area contributed by atoms with E-state index in [4.69, 9.17) is 16.3 Å². The third-order valence-electron chi connectivity index (χ3n) is 3.44. The number of amides is 2. The van der Waals surface area contributed by atoms with Crippen molar-refractivity contribution in [1.29, 1.82) is 0 Å². The van der Waals surface area contributed by atoms with Crippen LogP contribution in [0.4, 0.5) is 5.69 Å². The van der Waals surface area contributed by atoms with E-state index in [1.165, 1.54) is 29.8 Å². The first-order valence-electron chi connectivity index (χ1n) is 8.29. The second kappa shape index (κ2) is 11.2. The van der Waals surface area contributed by atoms with E-state index in [2.05, 4.69) is 5.32 Å². The van der Waals surface area contributed by atoms with E-state index in [1.807, 2.05) is 30.3 Å². The molecule has 2 rings (SSSR count). The summed E-state index contributed by atoms with van der Waals surface area (Å²) in [6, 6.07) is 16.3. The molecule has 146 valence electrons. The van der Waals surface area contributed by atoms with Crippen molar-refractivity contribution in [2.45, 2.75) is 4.90 Å². The Labute approximate surface area is 172 Å². The van der Waals surface area contributed by atoms with E-state index >= 15 is 0 Å². The lowest BCUT2D eigenvalue weighted by Crippen LogP contribution is -2.37. The molecule has 1 N–H and O–H groups in total. The molecule has 0 aromatic heterocycles. The largest absolute Gasteiger partial charge is 0.452 e. The van der Waals surface area contributed by atoms with Gasteiger partial charge in [0.1, 0.15) is 0 Å². The quantitative estimate of drug-likeness (QED) is 0.403. The molecule has 2 aromatic rings. The van der Waals surface area contributed by atoms with Crippen LogP contribution < -0.4 is 5.32 Å². The molecule has 0 saturated heterocycles. The zero-order valence-corrected chi connectivity index (χ0v) is 16.7. The maximum atomic E-state index is 12.0. The number of rotatable bonds is 8. The number of esters is 1. The second-order valence-electron chi connectivity index (χ2n) is 5.62. The molecule has 0 saturated carbocycles. The molecule has 0 spiro atoms. The monoisotopic (exact) mass is 418 g/mol. The predicted octanol–water partition coefficient (Wildman–Crippen LogP) is 3.59. The Morgan fingerprint density at radius 1 is 1.11 bits per heavy atom. The van der Waals surface area contributed by atoms with E-state index in [0.29, 0.717) is 10.7 Å². The number of ether oxygens (including phenoxy) is 1. The minimum absolute atomic E-state index is 0.193. The summed E-state index contributed by atoms with van der Waals surface area (Å²) in [7, 11) is 1.45. The third-order valence-corrected chi connectivity index (χ3v) is 4.59. The Balaban J connectivity index is 1.72. The van der Waals surface area contributed by atoms with Gasteiger partial charge in [0.25, 0.3) is 5.91 Å². The van der Waals surface area contributed by atoms with Crippen LogP contribution in [-0.2, 0) is 19.1 Å². The Morgan fingerprint density at radius 2 is 1.79 bits per heavy atom. The number of anilines is 1. The standard InChI is InChI=1S/C20H19ClN2O4S/c1-23(13-18(24)22-17-10-6-5-9-16(17)21)19(25)14-27-20(26)11-12-28-15-7-3-2-4-8-15/h2-12H,13-14H2,1H3,(H,22,24)/b12-11+. The van der Waals surface area contributed by atoms with Gasteiger partial charge < -0.3 is 15.0 Å². The number of carbonyl (C=O) groups is 3.